The molecule has 1 aliphatic rings. The Balaban J connectivity index is 1.58. The highest BCUT2D eigenvalue weighted by Gasteiger charge is 2.35. The summed E-state index contributed by atoms with van der Waals surface area (Å²) in [7, 11) is 1.63. The van der Waals surface area contributed by atoms with Crippen molar-refractivity contribution in [2.75, 3.05) is 7.11 Å². The van der Waals surface area contributed by atoms with Gasteiger partial charge >= 0.3 is 0 Å². The third-order valence-corrected chi connectivity index (χ3v) is 5.87. The number of fused-ring (bicyclic) bond motifs is 1. The number of rotatable bonds is 5. The van der Waals surface area contributed by atoms with Crippen LogP contribution >= 0.6 is 11.8 Å². The minimum Gasteiger partial charge on any atom is -0.497 e. The number of hydrogen-bond donors (Lipinski definition) is 0. The molecule has 1 aliphatic heterocycles. The van der Waals surface area contributed by atoms with Gasteiger partial charge in [0, 0.05) is 0 Å². The molecule has 3 aromatic carbocycles. The molecule has 0 bridgehead atoms. The quantitative estimate of drug-likeness (QED) is 0.458. The van der Waals surface area contributed by atoms with Gasteiger partial charge in [0.15, 0.2) is 5.17 Å². The van der Waals surface area contributed by atoms with Crippen LogP contribution in [0, 0.1) is 0 Å². The van der Waals surface area contributed by atoms with Crippen LogP contribution in [0.2, 0.25) is 0 Å². The molecular formula is C23H21N3O2S. The highest BCUT2D eigenvalue weighted by atomic mass is 32.2. The number of benzene rings is 3. The lowest BCUT2D eigenvalue weighted by Crippen LogP contribution is -2.30. The van der Waals surface area contributed by atoms with E-state index in [1.807, 2.05) is 49.4 Å². The van der Waals surface area contributed by atoms with Gasteiger partial charge in [0.2, 0.25) is 5.91 Å². The Labute approximate surface area is 174 Å². The van der Waals surface area contributed by atoms with Crippen molar-refractivity contribution in [3.05, 3.63) is 77.9 Å². The van der Waals surface area contributed by atoms with Crippen LogP contribution < -0.4 is 4.74 Å². The lowest BCUT2D eigenvalue weighted by atomic mass is 10.0. The van der Waals surface area contributed by atoms with E-state index in [-0.39, 0.29) is 11.2 Å². The second kappa shape index (κ2) is 8.49. The first kappa shape index (κ1) is 19.2. The summed E-state index contributed by atoms with van der Waals surface area (Å²) in [6, 6.07) is 21.9. The maximum absolute atomic E-state index is 12.7. The molecule has 0 N–H and O–H groups in total. The van der Waals surface area contributed by atoms with Crippen molar-refractivity contribution in [1.82, 2.24) is 4.90 Å². The van der Waals surface area contributed by atoms with Gasteiger partial charge in [-0.1, -0.05) is 54.2 Å². The molecule has 1 heterocycles. The molecule has 1 fully saturated rings. The van der Waals surface area contributed by atoms with Gasteiger partial charge in [0.05, 0.1) is 25.1 Å². The summed E-state index contributed by atoms with van der Waals surface area (Å²) in [6.45, 7) is 2.38. The van der Waals surface area contributed by atoms with Gasteiger partial charge in [-0.2, -0.15) is 5.10 Å². The van der Waals surface area contributed by atoms with Crippen LogP contribution in [0.5, 0.6) is 5.75 Å². The molecule has 6 heteroatoms. The van der Waals surface area contributed by atoms with E-state index in [0.29, 0.717) is 11.7 Å². The summed E-state index contributed by atoms with van der Waals surface area (Å²) >= 11 is 1.44. The first-order valence-electron chi connectivity index (χ1n) is 9.35. The van der Waals surface area contributed by atoms with Crippen LogP contribution in [0.15, 0.2) is 76.9 Å². The van der Waals surface area contributed by atoms with Crippen LogP contribution in [-0.4, -0.2) is 34.5 Å². The Hall–Kier alpha value is -3.12. The largest absolute Gasteiger partial charge is 0.497 e. The molecule has 1 amide bonds. The molecule has 0 spiro atoms. The summed E-state index contributed by atoms with van der Waals surface area (Å²) in [5, 5.41) is 11.3. The van der Waals surface area contributed by atoms with E-state index in [2.05, 4.69) is 34.5 Å². The number of carbonyl (C=O) groups excluding carboxylic acids is 1. The number of carbonyl (C=O) groups is 1. The van der Waals surface area contributed by atoms with E-state index in [1.54, 1.807) is 18.2 Å². The third-order valence-electron chi connectivity index (χ3n) is 4.80. The van der Waals surface area contributed by atoms with Crippen molar-refractivity contribution in [1.29, 1.82) is 0 Å². The highest BCUT2D eigenvalue weighted by molar-refractivity contribution is 8.15. The second-order valence-electron chi connectivity index (χ2n) is 6.72. The van der Waals surface area contributed by atoms with Crippen LogP contribution in [0.3, 0.4) is 0 Å². The predicted molar refractivity (Wildman–Crippen MR) is 120 cm³/mol. The molecule has 4 rings (SSSR count). The summed E-state index contributed by atoms with van der Waals surface area (Å²) in [5.74, 6) is 0.849. The zero-order chi connectivity index (χ0) is 20.2. The Bertz CT molecular complexity index is 1090. The predicted octanol–water partition coefficient (Wildman–Crippen LogP) is 4.70. The average Bonchev–Trinajstić information content (AvgIpc) is 3.02. The van der Waals surface area contributed by atoms with Crippen LogP contribution in [-0.2, 0) is 11.3 Å². The number of thioether (sulfide) groups is 1. The molecular weight excluding hydrogens is 382 g/mol. The van der Waals surface area contributed by atoms with Gasteiger partial charge in [-0.05, 0) is 53.1 Å². The zero-order valence-electron chi connectivity index (χ0n) is 16.3. The number of hydrogen-bond acceptors (Lipinski definition) is 5. The molecule has 29 heavy (non-hydrogen) atoms. The zero-order valence-corrected chi connectivity index (χ0v) is 17.1. The van der Waals surface area contributed by atoms with Crippen molar-refractivity contribution in [3.8, 4) is 5.75 Å². The lowest BCUT2D eigenvalue weighted by molar-refractivity contribution is -0.126. The van der Waals surface area contributed by atoms with Gasteiger partial charge in [-0.15, -0.1) is 5.10 Å². The van der Waals surface area contributed by atoms with E-state index in [4.69, 9.17) is 4.74 Å². The Morgan fingerprint density at radius 3 is 2.62 bits per heavy atom. The van der Waals surface area contributed by atoms with Crippen LogP contribution in [0.1, 0.15) is 18.1 Å². The van der Waals surface area contributed by atoms with E-state index < -0.39 is 0 Å². The smallest absolute Gasteiger partial charge is 0.242 e. The molecule has 0 saturated carbocycles. The average molecular weight is 404 g/mol. The minimum atomic E-state index is -0.167. The summed E-state index contributed by atoms with van der Waals surface area (Å²) in [5.41, 5.74) is 2.01. The van der Waals surface area contributed by atoms with Gasteiger partial charge < -0.3 is 4.74 Å². The van der Waals surface area contributed by atoms with Gasteiger partial charge in [-0.3, -0.25) is 9.69 Å². The van der Waals surface area contributed by atoms with Crippen LogP contribution in [0.4, 0.5) is 0 Å². The summed E-state index contributed by atoms with van der Waals surface area (Å²) < 4.78 is 5.16. The number of nitrogens with zero attached hydrogens (tertiary/aromatic N) is 3. The second-order valence-corrected chi connectivity index (χ2v) is 8.03. The third kappa shape index (κ3) is 4.17. The van der Waals surface area contributed by atoms with E-state index in [9.17, 15) is 4.79 Å². The Morgan fingerprint density at radius 1 is 1.07 bits per heavy atom. The number of ether oxygens (including phenoxy) is 1. The Kier molecular flexibility index (Phi) is 5.62. The van der Waals surface area contributed by atoms with Gasteiger partial charge in [-0.25, -0.2) is 0 Å². The van der Waals surface area contributed by atoms with Gasteiger partial charge in [0.1, 0.15) is 5.75 Å². The van der Waals surface area contributed by atoms with E-state index >= 15 is 0 Å². The highest BCUT2D eigenvalue weighted by Crippen LogP contribution is 2.30. The van der Waals surface area contributed by atoms with Crippen molar-refractivity contribution in [2.45, 2.75) is 18.7 Å². The molecule has 0 aliphatic carbocycles. The Morgan fingerprint density at radius 2 is 1.83 bits per heavy atom. The molecule has 3 aromatic rings. The van der Waals surface area contributed by atoms with Crippen molar-refractivity contribution in [2.24, 2.45) is 10.2 Å². The maximum Gasteiger partial charge on any atom is 0.242 e. The number of amidine groups is 1. The van der Waals surface area contributed by atoms with E-state index in [0.717, 1.165) is 27.6 Å². The topological polar surface area (TPSA) is 54.3 Å². The molecule has 0 aromatic heterocycles. The molecule has 5 nitrogen and oxygen atoms in total. The molecule has 1 atom stereocenters. The lowest BCUT2D eigenvalue weighted by Gasteiger charge is -2.17. The summed E-state index contributed by atoms with van der Waals surface area (Å²) in [4.78, 5) is 14.4. The standard InChI is InChI=1S/C23H21N3O2S/c1-16-22(27)26(15-19-8-5-7-18-6-3-4-9-21(18)19)23(29-16)25-24-14-17-10-12-20(28-2)13-11-17/h3-14,16H,15H2,1-2H3. The minimum absolute atomic E-state index is 0.0568. The monoisotopic (exact) mass is 403 g/mol. The molecule has 1 unspecified atom stereocenters. The van der Waals surface area contributed by atoms with Gasteiger partial charge in [0.25, 0.3) is 0 Å². The van der Waals surface area contributed by atoms with Crippen molar-refractivity contribution < 1.29 is 9.53 Å². The van der Waals surface area contributed by atoms with Crippen molar-refractivity contribution in [3.63, 3.8) is 0 Å². The number of amides is 1. The fourth-order valence-electron chi connectivity index (χ4n) is 3.24. The van der Waals surface area contributed by atoms with Crippen LogP contribution in [0.25, 0.3) is 10.8 Å². The maximum atomic E-state index is 12.7. The number of methoxy groups -OCH3 is 1. The van der Waals surface area contributed by atoms with Crippen molar-refractivity contribution >= 4 is 39.8 Å². The normalized spacial score (nSPS) is 18.3. The fraction of sp³-hybridized carbons (Fsp3) is 0.174. The first-order valence-corrected chi connectivity index (χ1v) is 10.2. The first-order chi connectivity index (χ1) is 14.2. The summed E-state index contributed by atoms with van der Waals surface area (Å²) in [6.07, 6.45) is 1.68. The fourth-order valence-corrected chi connectivity index (χ4v) is 4.16. The van der Waals surface area contributed by atoms with E-state index in [1.165, 1.54) is 11.8 Å². The SMILES string of the molecule is COc1ccc(C=NN=C2SC(C)C(=O)N2Cc2cccc3ccccc23)cc1. The molecule has 1 saturated heterocycles. The molecule has 0 radical (unpaired) electrons. The molecule has 146 valence electrons.